The molecule has 0 bridgehead atoms. The van der Waals surface area contributed by atoms with Gasteiger partial charge in [-0.2, -0.15) is 0 Å². The SMILES string of the molecule is COC(C)CN1C(=O)Cc2cc(C(=O)O)ccc21. The van der Waals surface area contributed by atoms with Crippen LogP contribution >= 0.6 is 0 Å². The van der Waals surface area contributed by atoms with Gasteiger partial charge in [0.05, 0.1) is 24.6 Å². The number of anilines is 1. The number of carboxylic acid groups (broad SMARTS) is 1. The second kappa shape index (κ2) is 4.78. The number of fused-ring (bicyclic) bond motifs is 1. The molecule has 1 aromatic carbocycles. The van der Waals surface area contributed by atoms with Crippen LogP contribution in [0.3, 0.4) is 0 Å². The molecule has 0 spiro atoms. The number of carboxylic acids is 1. The number of aromatic carboxylic acids is 1. The van der Waals surface area contributed by atoms with Gasteiger partial charge in [-0.05, 0) is 30.7 Å². The molecule has 1 heterocycles. The zero-order valence-corrected chi connectivity index (χ0v) is 10.3. The molecular weight excluding hydrogens is 234 g/mol. The monoisotopic (exact) mass is 249 g/mol. The third-order valence-corrected chi connectivity index (χ3v) is 3.10. The number of ether oxygens (including phenoxy) is 1. The summed E-state index contributed by atoms with van der Waals surface area (Å²) in [7, 11) is 1.60. The van der Waals surface area contributed by atoms with Gasteiger partial charge >= 0.3 is 5.97 Å². The molecular formula is C13H15NO4. The van der Waals surface area contributed by atoms with Gasteiger partial charge in [0.25, 0.3) is 0 Å². The van der Waals surface area contributed by atoms with E-state index < -0.39 is 5.97 Å². The Morgan fingerprint density at radius 3 is 2.89 bits per heavy atom. The molecule has 96 valence electrons. The summed E-state index contributed by atoms with van der Waals surface area (Å²) in [5, 5.41) is 8.91. The Bertz CT molecular complexity index is 498. The van der Waals surface area contributed by atoms with E-state index >= 15 is 0 Å². The second-order valence-electron chi connectivity index (χ2n) is 4.38. The van der Waals surface area contributed by atoms with Crippen molar-refractivity contribution in [2.45, 2.75) is 19.4 Å². The summed E-state index contributed by atoms with van der Waals surface area (Å²) in [5.41, 5.74) is 1.76. The largest absolute Gasteiger partial charge is 0.478 e. The maximum atomic E-state index is 11.9. The van der Waals surface area contributed by atoms with E-state index in [4.69, 9.17) is 9.84 Å². The number of rotatable bonds is 4. The third-order valence-electron chi connectivity index (χ3n) is 3.10. The van der Waals surface area contributed by atoms with Crippen molar-refractivity contribution in [1.29, 1.82) is 0 Å². The maximum absolute atomic E-state index is 11.9. The van der Waals surface area contributed by atoms with Gasteiger partial charge in [0.15, 0.2) is 0 Å². The molecule has 18 heavy (non-hydrogen) atoms. The number of hydrogen-bond donors (Lipinski definition) is 1. The number of hydrogen-bond acceptors (Lipinski definition) is 3. The van der Waals surface area contributed by atoms with E-state index in [-0.39, 0.29) is 24.0 Å². The van der Waals surface area contributed by atoms with Crippen LogP contribution in [-0.4, -0.2) is 36.7 Å². The van der Waals surface area contributed by atoms with Crippen LogP contribution in [0.2, 0.25) is 0 Å². The highest BCUT2D eigenvalue weighted by Gasteiger charge is 2.28. The first-order chi connectivity index (χ1) is 8.52. The number of nitrogens with zero attached hydrogens (tertiary/aromatic N) is 1. The molecule has 5 nitrogen and oxygen atoms in total. The number of carbonyl (C=O) groups excluding carboxylic acids is 1. The number of benzene rings is 1. The Morgan fingerprint density at radius 1 is 1.56 bits per heavy atom. The molecule has 0 aliphatic carbocycles. The van der Waals surface area contributed by atoms with Crippen LogP contribution in [0.25, 0.3) is 0 Å². The zero-order valence-electron chi connectivity index (χ0n) is 10.3. The van der Waals surface area contributed by atoms with E-state index in [1.807, 2.05) is 6.92 Å². The highest BCUT2D eigenvalue weighted by Crippen LogP contribution is 2.30. The van der Waals surface area contributed by atoms with Gasteiger partial charge in [-0.15, -0.1) is 0 Å². The van der Waals surface area contributed by atoms with E-state index in [0.717, 1.165) is 11.3 Å². The Kier molecular flexibility index (Phi) is 3.34. The van der Waals surface area contributed by atoms with Crippen molar-refractivity contribution in [2.24, 2.45) is 0 Å². The van der Waals surface area contributed by atoms with Gasteiger partial charge in [0.1, 0.15) is 0 Å². The molecule has 0 saturated heterocycles. The normalized spacial score (nSPS) is 15.7. The molecule has 1 amide bonds. The first-order valence-electron chi connectivity index (χ1n) is 5.72. The van der Waals surface area contributed by atoms with Crippen molar-refractivity contribution < 1.29 is 19.4 Å². The molecule has 2 rings (SSSR count). The van der Waals surface area contributed by atoms with Crippen LogP contribution in [0.4, 0.5) is 5.69 Å². The number of carbonyl (C=O) groups is 2. The van der Waals surface area contributed by atoms with Gasteiger partial charge in [-0.1, -0.05) is 0 Å². The predicted octanol–water partition coefficient (Wildman–Crippen LogP) is 1.31. The van der Waals surface area contributed by atoms with Gasteiger partial charge < -0.3 is 14.7 Å². The topological polar surface area (TPSA) is 66.8 Å². The molecule has 1 aliphatic heterocycles. The summed E-state index contributed by atoms with van der Waals surface area (Å²) < 4.78 is 5.15. The van der Waals surface area contributed by atoms with Crippen molar-refractivity contribution >= 4 is 17.6 Å². The summed E-state index contributed by atoms with van der Waals surface area (Å²) in [4.78, 5) is 24.4. The van der Waals surface area contributed by atoms with Crippen LogP contribution in [0.1, 0.15) is 22.8 Å². The van der Waals surface area contributed by atoms with Gasteiger partial charge in [-0.3, -0.25) is 4.79 Å². The van der Waals surface area contributed by atoms with Crippen molar-refractivity contribution in [3.8, 4) is 0 Å². The lowest BCUT2D eigenvalue weighted by Crippen LogP contribution is -2.34. The van der Waals surface area contributed by atoms with Gasteiger partial charge in [0, 0.05) is 12.8 Å². The lowest BCUT2D eigenvalue weighted by atomic mass is 10.1. The van der Waals surface area contributed by atoms with Crippen molar-refractivity contribution in [2.75, 3.05) is 18.6 Å². The van der Waals surface area contributed by atoms with E-state index in [0.29, 0.717) is 6.54 Å². The lowest BCUT2D eigenvalue weighted by Gasteiger charge is -2.21. The molecule has 1 N–H and O–H groups in total. The fraction of sp³-hybridized carbons (Fsp3) is 0.385. The lowest BCUT2D eigenvalue weighted by molar-refractivity contribution is -0.117. The molecule has 0 saturated carbocycles. The quantitative estimate of drug-likeness (QED) is 0.873. The average Bonchev–Trinajstić information content (AvgIpc) is 2.64. The highest BCUT2D eigenvalue weighted by atomic mass is 16.5. The highest BCUT2D eigenvalue weighted by molar-refractivity contribution is 6.02. The second-order valence-corrected chi connectivity index (χ2v) is 4.38. The minimum Gasteiger partial charge on any atom is -0.478 e. The maximum Gasteiger partial charge on any atom is 0.335 e. The summed E-state index contributed by atoms with van der Waals surface area (Å²) >= 11 is 0. The van der Waals surface area contributed by atoms with Crippen molar-refractivity contribution in [1.82, 2.24) is 0 Å². The van der Waals surface area contributed by atoms with Crippen molar-refractivity contribution in [3.63, 3.8) is 0 Å². The molecule has 0 radical (unpaired) electrons. The Morgan fingerprint density at radius 2 is 2.28 bits per heavy atom. The molecule has 1 atom stereocenters. The first-order valence-corrected chi connectivity index (χ1v) is 5.72. The molecule has 1 aliphatic rings. The molecule has 5 heteroatoms. The van der Waals surface area contributed by atoms with Crippen LogP contribution in [-0.2, 0) is 16.0 Å². The Labute approximate surface area is 105 Å². The zero-order chi connectivity index (χ0) is 13.3. The van der Waals surface area contributed by atoms with E-state index in [9.17, 15) is 9.59 Å². The van der Waals surface area contributed by atoms with Gasteiger partial charge in [-0.25, -0.2) is 4.79 Å². The fourth-order valence-electron chi connectivity index (χ4n) is 2.05. The summed E-state index contributed by atoms with van der Waals surface area (Å²) in [6, 6.07) is 4.77. The van der Waals surface area contributed by atoms with Crippen LogP contribution in [0, 0.1) is 0 Å². The average molecular weight is 249 g/mol. The minimum absolute atomic E-state index is 0.0172. The van der Waals surface area contributed by atoms with E-state index in [1.165, 1.54) is 6.07 Å². The molecule has 0 fully saturated rings. The van der Waals surface area contributed by atoms with Crippen LogP contribution < -0.4 is 4.90 Å². The van der Waals surface area contributed by atoms with Crippen LogP contribution in [0.15, 0.2) is 18.2 Å². The fourth-order valence-corrected chi connectivity index (χ4v) is 2.05. The Hall–Kier alpha value is -1.88. The van der Waals surface area contributed by atoms with E-state index in [1.54, 1.807) is 24.1 Å². The molecule has 1 unspecified atom stereocenters. The van der Waals surface area contributed by atoms with Crippen LogP contribution in [0.5, 0.6) is 0 Å². The van der Waals surface area contributed by atoms with Gasteiger partial charge in [0.2, 0.25) is 5.91 Å². The predicted molar refractivity (Wildman–Crippen MR) is 65.9 cm³/mol. The number of amides is 1. The molecule has 1 aromatic rings. The summed E-state index contributed by atoms with van der Waals surface area (Å²) in [5.74, 6) is -0.995. The standard InChI is InChI=1S/C13H15NO4/c1-8(18-2)7-14-11-4-3-9(13(16)17)5-10(11)6-12(14)15/h3-5,8H,6-7H2,1-2H3,(H,16,17). The smallest absolute Gasteiger partial charge is 0.335 e. The Balaban J connectivity index is 2.29. The summed E-state index contributed by atoms with van der Waals surface area (Å²) in [6.45, 7) is 2.37. The first kappa shape index (κ1) is 12.6. The molecule has 0 aromatic heterocycles. The van der Waals surface area contributed by atoms with E-state index in [2.05, 4.69) is 0 Å². The summed E-state index contributed by atoms with van der Waals surface area (Å²) in [6.07, 6.45) is 0.200. The number of methoxy groups -OCH3 is 1. The van der Waals surface area contributed by atoms with Crippen molar-refractivity contribution in [3.05, 3.63) is 29.3 Å². The minimum atomic E-state index is -0.978. The third kappa shape index (κ3) is 2.22.